The molecule has 2 aliphatic heterocycles. The monoisotopic (exact) mass is 212 g/mol. The van der Waals surface area contributed by atoms with Crippen molar-refractivity contribution in [3.63, 3.8) is 0 Å². The van der Waals surface area contributed by atoms with Gasteiger partial charge in [0.15, 0.2) is 0 Å². The Bertz CT molecular complexity index is 237. The topological polar surface area (TPSA) is 41.6 Å². The van der Waals surface area contributed by atoms with Crippen LogP contribution in [0.4, 0.5) is 0 Å². The van der Waals surface area contributed by atoms with E-state index in [1.807, 2.05) is 4.90 Å². The predicted molar refractivity (Wildman–Crippen MR) is 57.6 cm³/mol. The maximum Gasteiger partial charge on any atom is 0.248 e. The van der Waals surface area contributed by atoms with Gasteiger partial charge in [-0.1, -0.05) is 0 Å². The second-order valence-electron chi connectivity index (χ2n) is 4.78. The summed E-state index contributed by atoms with van der Waals surface area (Å²) < 4.78 is 4.90. The Kier molecular flexibility index (Phi) is 3.26. The molecular formula is C11H20N2O2. The van der Waals surface area contributed by atoms with Crippen molar-refractivity contribution >= 4 is 5.91 Å². The minimum absolute atomic E-state index is 0.142. The SMILES string of the molecule is COCC(=O)N1CCCC2(CCNC2)C1. The van der Waals surface area contributed by atoms with Crippen LogP contribution in [0.1, 0.15) is 19.3 Å². The quantitative estimate of drug-likeness (QED) is 0.712. The van der Waals surface area contributed by atoms with Crippen LogP contribution in [-0.4, -0.2) is 50.7 Å². The van der Waals surface area contributed by atoms with Gasteiger partial charge >= 0.3 is 0 Å². The molecular weight excluding hydrogens is 192 g/mol. The predicted octanol–water partition coefficient (Wildman–Crippen LogP) is 0.235. The summed E-state index contributed by atoms with van der Waals surface area (Å²) >= 11 is 0. The number of likely N-dealkylation sites (tertiary alicyclic amines) is 1. The highest BCUT2D eigenvalue weighted by molar-refractivity contribution is 5.77. The van der Waals surface area contributed by atoms with E-state index in [-0.39, 0.29) is 12.5 Å². The van der Waals surface area contributed by atoms with E-state index in [0.717, 1.165) is 32.6 Å². The number of methoxy groups -OCH3 is 1. The lowest BCUT2D eigenvalue weighted by Crippen LogP contribution is -2.48. The van der Waals surface area contributed by atoms with Crippen LogP contribution < -0.4 is 5.32 Å². The molecule has 0 aromatic rings. The number of ether oxygens (including phenoxy) is 1. The van der Waals surface area contributed by atoms with Gasteiger partial charge in [0, 0.05) is 32.2 Å². The number of hydrogen-bond donors (Lipinski definition) is 1. The molecule has 2 aliphatic rings. The Balaban J connectivity index is 1.94. The van der Waals surface area contributed by atoms with Gasteiger partial charge in [0.1, 0.15) is 6.61 Å². The summed E-state index contributed by atoms with van der Waals surface area (Å²) in [6.45, 7) is 4.23. The molecule has 4 heteroatoms. The average molecular weight is 212 g/mol. The summed E-state index contributed by atoms with van der Waals surface area (Å²) in [5.41, 5.74) is 0.363. The highest BCUT2D eigenvalue weighted by Crippen LogP contribution is 2.35. The third-order valence-electron chi connectivity index (χ3n) is 3.61. The molecule has 0 radical (unpaired) electrons. The minimum Gasteiger partial charge on any atom is -0.375 e. The number of piperidine rings is 1. The molecule has 1 spiro atoms. The van der Waals surface area contributed by atoms with E-state index in [2.05, 4.69) is 5.32 Å². The summed E-state index contributed by atoms with van der Waals surface area (Å²) in [5.74, 6) is 0.142. The van der Waals surface area contributed by atoms with Crippen molar-refractivity contribution in [2.75, 3.05) is 39.9 Å². The van der Waals surface area contributed by atoms with E-state index >= 15 is 0 Å². The second-order valence-corrected chi connectivity index (χ2v) is 4.78. The van der Waals surface area contributed by atoms with Gasteiger partial charge < -0.3 is 15.0 Å². The van der Waals surface area contributed by atoms with Crippen LogP contribution >= 0.6 is 0 Å². The van der Waals surface area contributed by atoms with Crippen molar-refractivity contribution in [3.05, 3.63) is 0 Å². The van der Waals surface area contributed by atoms with Gasteiger partial charge in [-0.25, -0.2) is 0 Å². The molecule has 0 aromatic heterocycles. The van der Waals surface area contributed by atoms with Crippen molar-refractivity contribution in [1.82, 2.24) is 10.2 Å². The standard InChI is InChI=1S/C11H20N2O2/c1-15-7-10(14)13-6-2-3-11(9-13)4-5-12-8-11/h12H,2-9H2,1H3. The molecule has 1 atom stereocenters. The third kappa shape index (κ3) is 2.32. The fourth-order valence-corrected chi connectivity index (χ4v) is 2.78. The molecule has 4 nitrogen and oxygen atoms in total. The lowest BCUT2D eigenvalue weighted by atomic mass is 9.79. The molecule has 1 amide bonds. The largest absolute Gasteiger partial charge is 0.375 e. The van der Waals surface area contributed by atoms with Gasteiger partial charge in [0.25, 0.3) is 0 Å². The van der Waals surface area contributed by atoms with E-state index in [0.29, 0.717) is 5.41 Å². The van der Waals surface area contributed by atoms with E-state index in [9.17, 15) is 4.79 Å². The smallest absolute Gasteiger partial charge is 0.248 e. The van der Waals surface area contributed by atoms with Crippen LogP contribution in [0.5, 0.6) is 0 Å². The normalized spacial score (nSPS) is 31.1. The van der Waals surface area contributed by atoms with Crippen molar-refractivity contribution in [2.45, 2.75) is 19.3 Å². The number of carbonyl (C=O) groups excluding carboxylic acids is 1. The van der Waals surface area contributed by atoms with Gasteiger partial charge in [-0.15, -0.1) is 0 Å². The summed E-state index contributed by atoms with van der Waals surface area (Å²) in [6, 6.07) is 0. The Morgan fingerprint density at radius 1 is 1.53 bits per heavy atom. The van der Waals surface area contributed by atoms with Gasteiger partial charge in [-0.3, -0.25) is 4.79 Å². The fraction of sp³-hybridized carbons (Fsp3) is 0.909. The fourth-order valence-electron chi connectivity index (χ4n) is 2.78. The average Bonchev–Trinajstić information content (AvgIpc) is 2.67. The maximum atomic E-state index is 11.7. The van der Waals surface area contributed by atoms with Gasteiger partial charge in [0.05, 0.1) is 0 Å². The lowest BCUT2D eigenvalue weighted by molar-refractivity contribution is -0.138. The molecule has 1 N–H and O–H groups in total. The molecule has 1 unspecified atom stereocenters. The maximum absolute atomic E-state index is 11.7. The number of nitrogens with zero attached hydrogens (tertiary/aromatic N) is 1. The number of nitrogens with one attached hydrogen (secondary N) is 1. The van der Waals surface area contributed by atoms with Crippen molar-refractivity contribution in [1.29, 1.82) is 0 Å². The number of hydrogen-bond acceptors (Lipinski definition) is 3. The molecule has 0 aliphatic carbocycles. The van der Waals surface area contributed by atoms with Crippen LogP contribution in [0.3, 0.4) is 0 Å². The highest BCUT2D eigenvalue weighted by atomic mass is 16.5. The minimum atomic E-state index is 0.142. The third-order valence-corrected chi connectivity index (χ3v) is 3.61. The zero-order valence-electron chi connectivity index (χ0n) is 9.42. The van der Waals surface area contributed by atoms with E-state index in [4.69, 9.17) is 4.74 Å². The zero-order chi connectivity index (χ0) is 10.7. The first-order chi connectivity index (χ1) is 7.26. The van der Waals surface area contributed by atoms with Gasteiger partial charge in [0.2, 0.25) is 5.91 Å². The number of rotatable bonds is 2. The Morgan fingerprint density at radius 2 is 2.40 bits per heavy atom. The van der Waals surface area contributed by atoms with Crippen LogP contribution in [0.25, 0.3) is 0 Å². The summed E-state index contributed by atoms with van der Waals surface area (Å²) in [5, 5.41) is 3.41. The lowest BCUT2D eigenvalue weighted by Gasteiger charge is -2.39. The molecule has 2 fully saturated rings. The van der Waals surface area contributed by atoms with E-state index < -0.39 is 0 Å². The van der Waals surface area contributed by atoms with E-state index in [1.54, 1.807) is 7.11 Å². The Morgan fingerprint density at radius 3 is 3.07 bits per heavy atom. The summed E-state index contributed by atoms with van der Waals surface area (Å²) in [7, 11) is 1.58. The van der Waals surface area contributed by atoms with Crippen molar-refractivity contribution < 1.29 is 9.53 Å². The summed E-state index contributed by atoms with van der Waals surface area (Å²) in [4.78, 5) is 13.7. The molecule has 0 aromatic carbocycles. The van der Waals surface area contributed by atoms with Crippen molar-refractivity contribution in [3.8, 4) is 0 Å². The molecule has 86 valence electrons. The first kappa shape index (κ1) is 10.9. The first-order valence-corrected chi connectivity index (χ1v) is 5.73. The van der Waals surface area contributed by atoms with Gasteiger partial charge in [-0.05, 0) is 25.8 Å². The number of carbonyl (C=O) groups is 1. The molecule has 0 bridgehead atoms. The second kappa shape index (κ2) is 4.49. The van der Waals surface area contributed by atoms with Crippen LogP contribution in [0.15, 0.2) is 0 Å². The number of amides is 1. The molecule has 15 heavy (non-hydrogen) atoms. The van der Waals surface area contributed by atoms with Crippen LogP contribution in [0.2, 0.25) is 0 Å². The van der Waals surface area contributed by atoms with Crippen molar-refractivity contribution in [2.24, 2.45) is 5.41 Å². The highest BCUT2D eigenvalue weighted by Gasteiger charge is 2.39. The molecule has 2 rings (SSSR count). The van der Waals surface area contributed by atoms with Gasteiger partial charge in [-0.2, -0.15) is 0 Å². The Hall–Kier alpha value is -0.610. The Labute approximate surface area is 91.0 Å². The molecule has 2 saturated heterocycles. The van der Waals surface area contributed by atoms with E-state index in [1.165, 1.54) is 12.8 Å². The zero-order valence-corrected chi connectivity index (χ0v) is 9.42. The molecule has 0 saturated carbocycles. The first-order valence-electron chi connectivity index (χ1n) is 5.73. The van der Waals surface area contributed by atoms with Crippen LogP contribution in [-0.2, 0) is 9.53 Å². The summed E-state index contributed by atoms with van der Waals surface area (Å²) in [6.07, 6.45) is 3.61. The molecule has 2 heterocycles. The van der Waals surface area contributed by atoms with Crippen LogP contribution in [0, 0.1) is 5.41 Å².